The summed E-state index contributed by atoms with van der Waals surface area (Å²) in [6, 6.07) is 9.35. The minimum absolute atomic E-state index is 0.250. The summed E-state index contributed by atoms with van der Waals surface area (Å²) in [4.78, 5) is 37.3. The van der Waals surface area contributed by atoms with Crippen LogP contribution in [0.3, 0.4) is 0 Å². The van der Waals surface area contributed by atoms with E-state index in [-0.39, 0.29) is 5.02 Å². The maximum atomic E-state index is 13.0. The molecular formula is C18H10ClF3N2O3. The number of nitrogens with zero attached hydrogens (tertiary/aromatic N) is 1. The Labute approximate surface area is 156 Å². The Hall–Kier alpha value is -3.13. The van der Waals surface area contributed by atoms with Crippen LogP contribution in [0.4, 0.5) is 23.7 Å². The van der Waals surface area contributed by atoms with E-state index in [2.05, 4.69) is 0 Å². The molecule has 0 spiro atoms. The summed E-state index contributed by atoms with van der Waals surface area (Å²) in [5.74, 6) is -2.03. The summed E-state index contributed by atoms with van der Waals surface area (Å²) in [6.07, 6.45) is -3.47. The Morgan fingerprint density at radius 1 is 1.00 bits per heavy atom. The number of hydrogen-bond acceptors (Lipinski definition) is 3. The van der Waals surface area contributed by atoms with Gasteiger partial charge in [0, 0.05) is 0 Å². The van der Waals surface area contributed by atoms with Crippen LogP contribution in [0.2, 0.25) is 5.02 Å². The van der Waals surface area contributed by atoms with E-state index >= 15 is 0 Å². The van der Waals surface area contributed by atoms with Crippen LogP contribution >= 0.6 is 11.6 Å². The largest absolute Gasteiger partial charge is 0.416 e. The van der Waals surface area contributed by atoms with Crippen molar-refractivity contribution in [2.75, 3.05) is 4.90 Å². The van der Waals surface area contributed by atoms with E-state index in [1.165, 1.54) is 6.08 Å². The van der Waals surface area contributed by atoms with Gasteiger partial charge in [-0.05, 0) is 29.8 Å². The van der Waals surface area contributed by atoms with Gasteiger partial charge in [0.2, 0.25) is 0 Å². The Morgan fingerprint density at radius 2 is 1.67 bits per heavy atom. The fraction of sp³-hybridized carbons (Fsp3) is 0.0556. The number of alkyl halides is 3. The molecule has 1 fully saturated rings. The van der Waals surface area contributed by atoms with E-state index < -0.39 is 40.8 Å². The summed E-state index contributed by atoms with van der Waals surface area (Å²) in [5.41, 5.74) is -1.47. The number of hydrogen-bond donors (Lipinski definition) is 1. The molecule has 1 N–H and O–H groups in total. The number of rotatable bonds is 2. The van der Waals surface area contributed by atoms with Crippen LogP contribution in [0.5, 0.6) is 0 Å². The van der Waals surface area contributed by atoms with Gasteiger partial charge in [0.25, 0.3) is 11.8 Å². The van der Waals surface area contributed by atoms with Crippen LogP contribution in [-0.2, 0) is 15.8 Å². The van der Waals surface area contributed by atoms with Crippen molar-refractivity contribution < 1.29 is 27.6 Å². The monoisotopic (exact) mass is 394 g/mol. The zero-order valence-corrected chi connectivity index (χ0v) is 14.1. The normalized spacial score (nSPS) is 16.7. The van der Waals surface area contributed by atoms with Crippen molar-refractivity contribution in [2.45, 2.75) is 6.18 Å². The van der Waals surface area contributed by atoms with E-state index in [1.807, 2.05) is 5.32 Å². The van der Waals surface area contributed by atoms with E-state index in [4.69, 9.17) is 11.6 Å². The summed E-state index contributed by atoms with van der Waals surface area (Å²) < 4.78 is 38.9. The number of nitrogens with one attached hydrogen (secondary N) is 1. The molecule has 0 atom stereocenters. The van der Waals surface area contributed by atoms with Gasteiger partial charge in [0.1, 0.15) is 5.57 Å². The second-order valence-electron chi connectivity index (χ2n) is 5.53. The van der Waals surface area contributed by atoms with Gasteiger partial charge in [0.05, 0.1) is 16.3 Å². The van der Waals surface area contributed by atoms with Crippen molar-refractivity contribution in [3.8, 4) is 0 Å². The first-order valence-electron chi connectivity index (χ1n) is 7.52. The molecule has 1 aliphatic rings. The number of amides is 4. The highest BCUT2D eigenvalue weighted by molar-refractivity contribution is 6.42. The van der Waals surface area contributed by atoms with Crippen molar-refractivity contribution in [2.24, 2.45) is 0 Å². The van der Waals surface area contributed by atoms with Crippen LogP contribution in [0.15, 0.2) is 54.1 Å². The molecule has 5 nitrogen and oxygen atoms in total. The average Bonchev–Trinajstić information content (AvgIpc) is 2.60. The number of anilines is 1. The van der Waals surface area contributed by atoms with Gasteiger partial charge in [-0.15, -0.1) is 0 Å². The van der Waals surface area contributed by atoms with Gasteiger partial charge in [0.15, 0.2) is 0 Å². The van der Waals surface area contributed by atoms with E-state index in [0.717, 1.165) is 12.1 Å². The Bertz CT molecular complexity index is 972. The molecule has 1 saturated heterocycles. The van der Waals surface area contributed by atoms with E-state index in [9.17, 15) is 27.6 Å². The first-order chi connectivity index (χ1) is 12.7. The molecule has 0 aromatic heterocycles. The molecule has 2 aromatic rings. The van der Waals surface area contributed by atoms with Gasteiger partial charge < -0.3 is 0 Å². The lowest BCUT2D eigenvalue weighted by atomic mass is 10.1. The predicted octanol–water partition coefficient (Wildman–Crippen LogP) is 4.03. The lowest BCUT2D eigenvalue weighted by molar-refractivity contribution is -0.137. The summed E-state index contributed by atoms with van der Waals surface area (Å²) in [5, 5.41) is 1.68. The minimum Gasteiger partial charge on any atom is -0.273 e. The van der Waals surface area contributed by atoms with Crippen molar-refractivity contribution in [3.05, 3.63) is 70.3 Å². The molecule has 0 aliphatic carbocycles. The molecular weight excluding hydrogens is 385 g/mol. The zero-order valence-electron chi connectivity index (χ0n) is 13.4. The molecule has 0 bridgehead atoms. The van der Waals surface area contributed by atoms with Gasteiger partial charge >= 0.3 is 12.2 Å². The van der Waals surface area contributed by atoms with Crippen molar-refractivity contribution in [3.63, 3.8) is 0 Å². The fourth-order valence-electron chi connectivity index (χ4n) is 2.45. The number of benzene rings is 2. The highest BCUT2D eigenvalue weighted by atomic mass is 35.5. The second kappa shape index (κ2) is 6.88. The molecule has 138 valence electrons. The number of carbonyl (C=O) groups is 3. The van der Waals surface area contributed by atoms with Gasteiger partial charge in [-0.2, -0.15) is 13.2 Å². The summed E-state index contributed by atoms with van der Waals surface area (Å²) in [7, 11) is 0. The zero-order chi connectivity index (χ0) is 19.8. The standard InChI is InChI=1S/C18H10ClF3N2O3/c19-13-7-6-11(18(20,21)22)9-14(13)24-16(26)12(15(25)23-17(24)27)8-10-4-2-1-3-5-10/h1-9H,(H,23,25,27)/b12-8+. The molecule has 9 heteroatoms. The number of carbonyl (C=O) groups excluding carboxylic acids is 3. The number of barbiturate groups is 1. The first kappa shape index (κ1) is 18.7. The number of imide groups is 2. The third kappa shape index (κ3) is 3.70. The smallest absolute Gasteiger partial charge is 0.273 e. The highest BCUT2D eigenvalue weighted by Crippen LogP contribution is 2.36. The molecule has 0 saturated carbocycles. The van der Waals surface area contributed by atoms with Crippen molar-refractivity contribution in [1.29, 1.82) is 0 Å². The molecule has 27 heavy (non-hydrogen) atoms. The fourth-order valence-corrected chi connectivity index (χ4v) is 2.65. The molecule has 3 rings (SSSR count). The van der Waals surface area contributed by atoms with E-state index in [1.54, 1.807) is 30.3 Å². The number of halogens is 4. The van der Waals surface area contributed by atoms with Crippen molar-refractivity contribution in [1.82, 2.24) is 5.32 Å². The SMILES string of the molecule is O=C1NC(=O)N(c2cc(C(F)(F)F)ccc2Cl)C(=O)/C1=C/c1ccccc1. The average molecular weight is 395 g/mol. The highest BCUT2D eigenvalue weighted by Gasteiger charge is 2.39. The molecule has 1 heterocycles. The molecule has 0 unspecified atom stereocenters. The van der Waals surface area contributed by atoms with Crippen molar-refractivity contribution >= 4 is 41.2 Å². The van der Waals surface area contributed by atoms with Crippen LogP contribution in [0, 0.1) is 0 Å². The summed E-state index contributed by atoms with van der Waals surface area (Å²) >= 11 is 5.91. The van der Waals surface area contributed by atoms with Gasteiger partial charge in [-0.3, -0.25) is 14.9 Å². The molecule has 0 radical (unpaired) electrons. The Balaban J connectivity index is 2.08. The molecule has 4 amide bonds. The van der Waals surface area contributed by atoms with E-state index in [0.29, 0.717) is 16.5 Å². The van der Waals surface area contributed by atoms with Crippen LogP contribution in [-0.4, -0.2) is 17.8 Å². The maximum Gasteiger partial charge on any atom is 0.416 e. The lowest BCUT2D eigenvalue weighted by Gasteiger charge is -2.27. The summed E-state index contributed by atoms with van der Waals surface area (Å²) in [6.45, 7) is 0. The molecule has 2 aromatic carbocycles. The predicted molar refractivity (Wildman–Crippen MR) is 91.9 cm³/mol. The lowest BCUT2D eigenvalue weighted by Crippen LogP contribution is -2.54. The topological polar surface area (TPSA) is 66.5 Å². The number of urea groups is 1. The third-order valence-corrected chi connectivity index (χ3v) is 4.05. The van der Waals surface area contributed by atoms with Gasteiger partial charge in [-0.1, -0.05) is 41.9 Å². The Kier molecular flexibility index (Phi) is 4.75. The minimum atomic E-state index is -4.70. The third-order valence-electron chi connectivity index (χ3n) is 3.73. The Morgan fingerprint density at radius 3 is 2.30 bits per heavy atom. The van der Waals surface area contributed by atoms with Crippen LogP contribution in [0.1, 0.15) is 11.1 Å². The quantitative estimate of drug-likeness (QED) is 0.618. The van der Waals surface area contributed by atoms with Gasteiger partial charge in [-0.25, -0.2) is 9.69 Å². The second-order valence-corrected chi connectivity index (χ2v) is 5.94. The molecule has 1 aliphatic heterocycles. The maximum absolute atomic E-state index is 13.0. The van der Waals surface area contributed by atoms with Crippen LogP contribution in [0.25, 0.3) is 6.08 Å². The van der Waals surface area contributed by atoms with Crippen LogP contribution < -0.4 is 10.2 Å². The first-order valence-corrected chi connectivity index (χ1v) is 7.89.